The van der Waals surface area contributed by atoms with Gasteiger partial charge in [-0.1, -0.05) is 30.5 Å². The van der Waals surface area contributed by atoms with E-state index in [1.165, 1.54) is 12.8 Å². The van der Waals surface area contributed by atoms with Crippen molar-refractivity contribution in [1.82, 2.24) is 9.21 Å². The minimum atomic E-state index is -3.49. The van der Waals surface area contributed by atoms with E-state index in [0.717, 1.165) is 24.0 Å². The number of nitrogens with zero attached hydrogens (tertiary/aromatic N) is 2. The first-order valence-electron chi connectivity index (χ1n) is 9.65. The van der Waals surface area contributed by atoms with Crippen LogP contribution in [0, 0.1) is 19.8 Å². The largest absolute Gasteiger partial charge is 0.343 e. The molecule has 1 aromatic carbocycles. The number of hydrogen-bond acceptors (Lipinski definition) is 3. The zero-order chi connectivity index (χ0) is 18.9. The second-order valence-electron chi connectivity index (χ2n) is 7.83. The Kier molecular flexibility index (Phi) is 5.72. The van der Waals surface area contributed by atoms with E-state index < -0.39 is 10.0 Å². The molecule has 6 heteroatoms. The van der Waals surface area contributed by atoms with E-state index >= 15 is 0 Å². The summed E-state index contributed by atoms with van der Waals surface area (Å²) >= 11 is 0. The molecule has 1 aliphatic carbocycles. The number of aryl methyl sites for hydroxylation is 2. The Morgan fingerprint density at radius 1 is 1.08 bits per heavy atom. The van der Waals surface area contributed by atoms with Crippen LogP contribution in [0.2, 0.25) is 0 Å². The lowest BCUT2D eigenvalue weighted by Gasteiger charge is -2.34. The lowest BCUT2D eigenvalue weighted by Crippen LogP contribution is -2.45. The molecule has 0 spiro atoms. The van der Waals surface area contributed by atoms with Crippen LogP contribution < -0.4 is 0 Å². The molecule has 2 fully saturated rings. The van der Waals surface area contributed by atoms with Crippen molar-refractivity contribution in [2.45, 2.75) is 63.3 Å². The lowest BCUT2D eigenvalue weighted by atomic mass is 9.96. The van der Waals surface area contributed by atoms with E-state index in [1.54, 1.807) is 10.4 Å². The third-order valence-corrected chi connectivity index (χ3v) is 8.03. The summed E-state index contributed by atoms with van der Waals surface area (Å²) in [4.78, 5) is 15.1. The maximum Gasteiger partial charge on any atom is 0.243 e. The Labute approximate surface area is 157 Å². The second kappa shape index (κ2) is 7.69. The standard InChI is InChI=1S/C20H30N2O3S/c1-15-8-9-19(16(2)14-15)26(24,25)22-12-10-17(11-13-22)20(23)21(3)18-6-4-5-7-18/h8-9,14,17-18H,4-7,10-13H2,1-3H3. The number of hydrogen-bond donors (Lipinski definition) is 0. The predicted octanol–water partition coefficient (Wildman–Crippen LogP) is 3.11. The van der Waals surface area contributed by atoms with Crippen LogP contribution in [0.25, 0.3) is 0 Å². The van der Waals surface area contributed by atoms with Gasteiger partial charge in [-0.05, 0) is 51.2 Å². The highest BCUT2D eigenvalue weighted by Gasteiger charge is 2.35. The minimum absolute atomic E-state index is 0.0498. The molecule has 2 aliphatic rings. The first-order valence-corrected chi connectivity index (χ1v) is 11.1. The van der Waals surface area contributed by atoms with E-state index in [4.69, 9.17) is 0 Å². The van der Waals surface area contributed by atoms with Gasteiger partial charge in [0, 0.05) is 32.1 Å². The van der Waals surface area contributed by atoms with Crippen molar-refractivity contribution in [2.24, 2.45) is 5.92 Å². The fraction of sp³-hybridized carbons (Fsp3) is 0.650. The van der Waals surface area contributed by atoms with E-state index in [-0.39, 0.29) is 11.8 Å². The van der Waals surface area contributed by atoms with E-state index in [1.807, 2.05) is 37.9 Å². The van der Waals surface area contributed by atoms with Gasteiger partial charge in [-0.25, -0.2) is 8.42 Å². The van der Waals surface area contributed by atoms with Gasteiger partial charge >= 0.3 is 0 Å². The normalized spacial score (nSPS) is 20.4. The molecule has 144 valence electrons. The summed E-state index contributed by atoms with van der Waals surface area (Å²) in [7, 11) is -1.57. The first kappa shape index (κ1) is 19.4. The summed E-state index contributed by atoms with van der Waals surface area (Å²) in [5, 5.41) is 0. The van der Waals surface area contributed by atoms with Gasteiger partial charge in [0.1, 0.15) is 0 Å². The molecule has 1 amide bonds. The van der Waals surface area contributed by atoms with Crippen LogP contribution in [0.5, 0.6) is 0 Å². The molecule has 1 saturated heterocycles. The average Bonchev–Trinajstić information content (AvgIpc) is 3.15. The molecule has 0 atom stereocenters. The average molecular weight is 379 g/mol. The van der Waals surface area contributed by atoms with Crippen LogP contribution in [0.1, 0.15) is 49.7 Å². The van der Waals surface area contributed by atoms with Crippen molar-refractivity contribution in [3.05, 3.63) is 29.3 Å². The van der Waals surface area contributed by atoms with E-state index in [2.05, 4.69) is 0 Å². The molecular weight excluding hydrogens is 348 g/mol. The highest BCUT2D eigenvalue weighted by Crippen LogP contribution is 2.29. The molecule has 0 aromatic heterocycles. The van der Waals surface area contributed by atoms with E-state index in [0.29, 0.717) is 36.9 Å². The highest BCUT2D eigenvalue weighted by molar-refractivity contribution is 7.89. The van der Waals surface area contributed by atoms with Crippen LogP contribution in [-0.4, -0.2) is 49.7 Å². The number of carbonyl (C=O) groups is 1. The summed E-state index contributed by atoms with van der Waals surface area (Å²) in [6.07, 6.45) is 5.83. The third-order valence-electron chi connectivity index (χ3n) is 5.97. The predicted molar refractivity (Wildman–Crippen MR) is 102 cm³/mol. The first-order chi connectivity index (χ1) is 12.3. The summed E-state index contributed by atoms with van der Waals surface area (Å²) in [5.74, 6) is 0.145. The number of sulfonamides is 1. The van der Waals surface area contributed by atoms with Gasteiger partial charge in [0.05, 0.1) is 4.90 Å². The maximum absolute atomic E-state index is 13.0. The minimum Gasteiger partial charge on any atom is -0.343 e. The van der Waals surface area contributed by atoms with Crippen molar-refractivity contribution in [3.63, 3.8) is 0 Å². The molecule has 0 N–H and O–H groups in total. The number of piperidine rings is 1. The smallest absolute Gasteiger partial charge is 0.243 e. The van der Waals surface area contributed by atoms with Crippen LogP contribution in [-0.2, 0) is 14.8 Å². The summed E-state index contributed by atoms with van der Waals surface area (Å²) in [6.45, 7) is 4.64. The molecule has 1 aromatic rings. The Morgan fingerprint density at radius 2 is 1.69 bits per heavy atom. The van der Waals surface area contributed by atoms with Gasteiger partial charge in [-0.3, -0.25) is 4.79 Å². The zero-order valence-electron chi connectivity index (χ0n) is 16.1. The molecule has 3 rings (SSSR count). The SMILES string of the molecule is Cc1ccc(S(=O)(=O)N2CCC(C(=O)N(C)C3CCCC3)CC2)c(C)c1. The monoisotopic (exact) mass is 378 g/mol. The molecule has 1 aliphatic heterocycles. The quantitative estimate of drug-likeness (QED) is 0.809. The van der Waals surface area contributed by atoms with Crippen LogP contribution >= 0.6 is 0 Å². The summed E-state index contributed by atoms with van der Waals surface area (Å²) in [6, 6.07) is 5.82. The van der Waals surface area contributed by atoms with Crippen molar-refractivity contribution in [1.29, 1.82) is 0 Å². The van der Waals surface area contributed by atoms with Crippen molar-refractivity contribution in [3.8, 4) is 0 Å². The van der Waals surface area contributed by atoms with Crippen molar-refractivity contribution < 1.29 is 13.2 Å². The molecule has 5 nitrogen and oxygen atoms in total. The van der Waals surface area contributed by atoms with Crippen molar-refractivity contribution in [2.75, 3.05) is 20.1 Å². The molecule has 0 radical (unpaired) electrons. The Hall–Kier alpha value is -1.40. The fourth-order valence-electron chi connectivity index (χ4n) is 4.33. The van der Waals surface area contributed by atoms with Gasteiger partial charge < -0.3 is 4.90 Å². The molecule has 0 unspecified atom stereocenters. The Morgan fingerprint density at radius 3 is 2.27 bits per heavy atom. The Bertz CT molecular complexity index is 761. The van der Waals surface area contributed by atoms with E-state index in [9.17, 15) is 13.2 Å². The van der Waals surface area contributed by atoms with Gasteiger partial charge in [-0.2, -0.15) is 4.31 Å². The number of rotatable bonds is 4. The fourth-order valence-corrected chi connectivity index (χ4v) is 6.01. The topological polar surface area (TPSA) is 57.7 Å². The van der Waals surface area contributed by atoms with Crippen LogP contribution in [0.3, 0.4) is 0 Å². The number of amides is 1. The highest BCUT2D eigenvalue weighted by atomic mass is 32.2. The zero-order valence-corrected chi connectivity index (χ0v) is 16.9. The molecule has 1 saturated carbocycles. The van der Waals surface area contributed by atoms with Gasteiger partial charge in [0.2, 0.25) is 15.9 Å². The molecule has 1 heterocycles. The van der Waals surface area contributed by atoms with Gasteiger partial charge in [0.15, 0.2) is 0 Å². The molecular formula is C20H30N2O3S. The second-order valence-corrected chi connectivity index (χ2v) is 9.74. The van der Waals surface area contributed by atoms with Crippen molar-refractivity contribution >= 4 is 15.9 Å². The Balaban J connectivity index is 1.65. The lowest BCUT2D eigenvalue weighted by molar-refractivity contribution is -0.137. The summed E-state index contributed by atoms with van der Waals surface area (Å²) in [5.41, 5.74) is 1.84. The summed E-state index contributed by atoms with van der Waals surface area (Å²) < 4.78 is 27.5. The third kappa shape index (κ3) is 3.81. The van der Waals surface area contributed by atoms with Crippen LogP contribution in [0.4, 0.5) is 0 Å². The van der Waals surface area contributed by atoms with Gasteiger partial charge in [0.25, 0.3) is 0 Å². The van der Waals surface area contributed by atoms with Gasteiger partial charge in [-0.15, -0.1) is 0 Å². The molecule has 26 heavy (non-hydrogen) atoms. The van der Waals surface area contributed by atoms with Crippen LogP contribution in [0.15, 0.2) is 23.1 Å². The maximum atomic E-state index is 13.0. The number of benzene rings is 1. The number of carbonyl (C=O) groups excluding carboxylic acids is 1. The molecule has 0 bridgehead atoms.